The first-order valence-electron chi connectivity index (χ1n) is 7.94. The lowest BCUT2D eigenvalue weighted by Gasteiger charge is -2.18. The van der Waals surface area contributed by atoms with E-state index >= 15 is 0 Å². The van der Waals surface area contributed by atoms with Gasteiger partial charge in [0.05, 0.1) is 10.6 Å². The standard InChI is InChI=1S/C19H23NO3S/c1-13(2)17-10-16(24(21,22)23)11-18(14(3)4)19(17)20-12-15-8-6-5-7-9-15/h5-14H,1-4H3,(H,21,22,23). The van der Waals surface area contributed by atoms with Crippen molar-refractivity contribution in [1.29, 1.82) is 0 Å². The van der Waals surface area contributed by atoms with E-state index in [4.69, 9.17) is 0 Å². The lowest BCUT2D eigenvalue weighted by atomic mass is 9.93. The molecular formula is C19H23NO3S. The summed E-state index contributed by atoms with van der Waals surface area (Å²) >= 11 is 0. The van der Waals surface area contributed by atoms with Crippen LogP contribution in [0.5, 0.6) is 0 Å². The van der Waals surface area contributed by atoms with Gasteiger partial charge in [-0.1, -0.05) is 58.0 Å². The second-order valence-corrected chi connectivity index (χ2v) is 7.83. The van der Waals surface area contributed by atoms with Crippen LogP contribution in [0.2, 0.25) is 0 Å². The molecule has 0 saturated heterocycles. The van der Waals surface area contributed by atoms with Crippen LogP contribution in [-0.2, 0) is 10.1 Å². The first-order chi connectivity index (χ1) is 11.2. The molecule has 128 valence electrons. The molecule has 0 unspecified atom stereocenters. The van der Waals surface area contributed by atoms with Crippen LogP contribution >= 0.6 is 0 Å². The van der Waals surface area contributed by atoms with Crippen molar-refractivity contribution in [3.63, 3.8) is 0 Å². The Balaban J connectivity index is 2.66. The van der Waals surface area contributed by atoms with Gasteiger partial charge in [0.15, 0.2) is 0 Å². The maximum absolute atomic E-state index is 11.6. The van der Waals surface area contributed by atoms with E-state index < -0.39 is 10.1 Å². The largest absolute Gasteiger partial charge is 0.294 e. The number of aliphatic imine (C=N–C) groups is 1. The SMILES string of the molecule is CC(C)c1cc(S(=O)(=O)O)cc(C(C)C)c1N=Cc1ccccc1. The monoisotopic (exact) mass is 345 g/mol. The molecule has 0 radical (unpaired) electrons. The van der Waals surface area contributed by atoms with Crippen LogP contribution in [0.4, 0.5) is 5.69 Å². The third-order valence-corrected chi connectivity index (χ3v) is 4.66. The fourth-order valence-corrected chi connectivity index (χ4v) is 3.06. The van der Waals surface area contributed by atoms with Gasteiger partial charge < -0.3 is 0 Å². The van der Waals surface area contributed by atoms with Crippen molar-refractivity contribution in [3.05, 3.63) is 59.2 Å². The van der Waals surface area contributed by atoms with Gasteiger partial charge in [0.1, 0.15) is 0 Å². The molecule has 0 atom stereocenters. The lowest BCUT2D eigenvalue weighted by Crippen LogP contribution is -2.04. The van der Waals surface area contributed by atoms with Crippen LogP contribution in [0, 0.1) is 0 Å². The fraction of sp³-hybridized carbons (Fsp3) is 0.316. The van der Waals surface area contributed by atoms with Crippen molar-refractivity contribution in [1.82, 2.24) is 0 Å². The number of nitrogens with zero attached hydrogens (tertiary/aromatic N) is 1. The summed E-state index contributed by atoms with van der Waals surface area (Å²) in [7, 11) is -4.25. The van der Waals surface area contributed by atoms with Crippen LogP contribution in [0.25, 0.3) is 0 Å². The zero-order chi connectivity index (χ0) is 17.9. The zero-order valence-electron chi connectivity index (χ0n) is 14.4. The van der Waals surface area contributed by atoms with E-state index in [9.17, 15) is 13.0 Å². The van der Waals surface area contributed by atoms with Crippen molar-refractivity contribution in [2.24, 2.45) is 4.99 Å². The predicted octanol–water partition coefficient (Wildman–Crippen LogP) is 4.93. The third kappa shape index (κ3) is 4.30. The van der Waals surface area contributed by atoms with Crippen LogP contribution in [0.15, 0.2) is 52.4 Å². The highest BCUT2D eigenvalue weighted by Gasteiger charge is 2.20. The van der Waals surface area contributed by atoms with Gasteiger partial charge in [-0.05, 0) is 40.7 Å². The van der Waals surface area contributed by atoms with E-state index in [2.05, 4.69) is 4.99 Å². The molecule has 2 aromatic rings. The summed E-state index contributed by atoms with van der Waals surface area (Å²) in [6, 6.07) is 12.8. The Bertz CT molecular complexity index is 809. The highest BCUT2D eigenvalue weighted by atomic mass is 32.2. The molecule has 0 aliphatic carbocycles. The average molecular weight is 345 g/mol. The van der Waals surface area contributed by atoms with Crippen LogP contribution in [-0.4, -0.2) is 19.2 Å². The summed E-state index contributed by atoms with van der Waals surface area (Å²) in [5.41, 5.74) is 3.36. The van der Waals surface area contributed by atoms with Gasteiger partial charge in [-0.2, -0.15) is 8.42 Å². The molecule has 5 heteroatoms. The minimum Gasteiger partial charge on any atom is -0.282 e. The summed E-state index contributed by atoms with van der Waals surface area (Å²) in [4.78, 5) is 4.57. The Morgan fingerprint density at radius 2 is 1.46 bits per heavy atom. The smallest absolute Gasteiger partial charge is 0.282 e. The molecular weight excluding hydrogens is 322 g/mol. The van der Waals surface area contributed by atoms with Gasteiger partial charge in [0, 0.05) is 6.21 Å². The molecule has 2 rings (SSSR count). The molecule has 24 heavy (non-hydrogen) atoms. The number of benzene rings is 2. The molecule has 0 aliphatic heterocycles. The first kappa shape index (κ1) is 18.4. The summed E-state index contributed by atoms with van der Waals surface area (Å²) in [6.45, 7) is 7.92. The normalized spacial score (nSPS) is 12.5. The fourth-order valence-electron chi connectivity index (χ4n) is 2.51. The van der Waals surface area contributed by atoms with Gasteiger partial charge >= 0.3 is 0 Å². The van der Waals surface area contributed by atoms with Crippen molar-refractivity contribution in [2.75, 3.05) is 0 Å². The Labute approximate surface area is 144 Å². The minimum atomic E-state index is -4.25. The highest BCUT2D eigenvalue weighted by molar-refractivity contribution is 7.85. The summed E-state index contributed by atoms with van der Waals surface area (Å²) in [6.07, 6.45) is 1.78. The lowest BCUT2D eigenvalue weighted by molar-refractivity contribution is 0.483. The van der Waals surface area contributed by atoms with Crippen molar-refractivity contribution in [3.8, 4) is 0 Å². The van der Waals surface area contributed by atoms with Crippen molar-refractivity contribution in [2.45, 2.75) is 44.4 Å². The Morgan fingerprint density at radius 1 is 0.958 bits per heavy atom. The number of hydrogen-bond acceptors (Lipinski definition) is 3. The summed E-state index contributed by atoms with van der Waals surface area (Å²) < 4.78 is 32.6. The molecule has 1 N–H and O–H groups in total. The second-order valence-electron chi connectivity index (χ2n) is 6.40. The van der Waals surface area contributed by atoms with Gasteiger partial charge in [-0.3, -0.25) is 9.55 Å². The molecule has 0 aliphatic rings. The summed E-state index contributed by atoms with van der Waals surface area (Å²) in [5, 5.41) is 0. The van der Waals surface area contributed by atoms with Gasteiger partial charge in [-0.25, -0.2) is 0 Å². The number of hydrogen-bond donors (Lipinski definition) is 1. The third-order valence-electron chi connectivity index (χ3n) is 3.83. The maximum atomic E-state index is 11.6. The van der Waals surface area contributed by atoms with E-state index in [0.717, 1.165) is 22.4 Å². The molecule has 0 spiro atoms. The molecule has 0 fully saturated rings. The molecule has 0 heterocycles. The van der Waals surface area contributed by atoms with E-state index in [1.807, 2.05) is 58.0 Å². The maximum Gasteiger partial charge on any atom is 0.294 e. The van der Waals surface area contributed by atoms with Gasteiger partial charge in [-0.15, -0.1) is 0 Å². The van der Waals surface area contributed by atoms with E-state index in [1.54, 1.807) is 6.21 Å². The minimum absolute atomic E-state index is 0.0754. The highest BCUT2D eigenvalue weighted by Crippen LogP contribution is 2.37. The first-order valence-corrected chi connectivity index (χ1v) is 9.38. The Hall–Kier alpha value is -1.98. The Kier molecular flexibility index (Phi) is 5.57. The van der Waals surface area contributed by atoms with E-state index in [1.165, 1.54) is 12.1 Å². The molecule has 0 aromatic heterocycles. The molecule has 0 bridgehead atoms. The Morgan fingerprint density at radius 3 is 1.88 bits per heavy atom. The molecule has 0 amide bonds. The van der Waals surface area contributed by atoms with Crippen molar-refractivity contribution >= 4 is 22.0 Å². The van der Waals surface area contributed by atoms with Gasteiger partial charge in [0.2, 0.25) is 0 Å². The van der Waals surface area contributed by atoms with Crippen molar-refractivity contribution < 1.29 is 13.0 Å². The molecule has 2 aromatic carbocycles. The summed E-state index contributed by atoms with van der Waals surface area (Å²) in [5.74, 6) is 0.152. The topological polar surface area (TPSA) is 66.7 Å². The number of rotatable bonds is 5. The van der Waals surface area contributed by atoms with E-state index in [-0.39, 0.29) is 16.7 Å². The van der Waals surface area contributed by atoms with Gasteiger partial charge in [0.25, 0.3) is 10.1 Å². The quantitative estimate of drug-likeness (QED) is 0.617. The molecule has 4 nitrogen and oxygen atoms in total. The second kappa shape index (κ2) is 7.28. The zero-order valence-corrected chi connectivity index (χ0v) is 15.2. The average Bonchev–Trinajstić information content (AvgIpc) is 2.51. The van der Waals surface area contributed by atoms with Crippen LogP contribution in [0.3, 0.4) is 0 Å². The van der Waals surface area contributed by atoms with E-state index in [0.29, 0.717) is 0 Å². The van der Waals surface area contributed by atoms with Crippen LogP contribution in [0.1, 0.15) is 56.2 Å². The molecule has 0 saturated carbocycles. The van der Waals surface area contributed by atoms with Crippen LogP contribution < -0.4 is 0 Å². The predicted molar refractivity (Wildman–Crippen MR) is 98.1 cm³/mol.